The van der Waals surface area contributed by atoms with Crippen molar-refractivity contribution in [1.29, 1.82) is 0 Å². The van der Waals surface area contributed by atoms with Gasteiger partial charge in [-0.25, -0.2) is 4.99 Å². The van der Waals surface area contributed by atoms with Gasteiger partial charge in [-0.2, -0.15) is 0 Å². The van der Waals surface area contributed by atoms with Gasteiger partial charge in [-0.3, -0.25) is 0 Å². The van der Waals surface area contributed by atoms with Crippen molar-refractivity contribution in [2.24, 2.45) is 4.99 Å². The molecular formula is C26H29N3O. The van der Waals surface area contributed by atoms with Crippen molar-refractivity contribution < 1.29 is 5.11 Å². The van der Waals surface area contributed by atoms with Gasteiger partial charge in [0.25, 0.3) is 0 Å². The van der Waals surface area contributed by atoms with Crippen LogP contribution in [0.25, 0.3) is 0 Å². The summed E-state index contributed by atoms with van der Waals surface area (Å²) in [5.74, 6) is 0.910. The highest BCUT2D eigenvalue weighted by Crippen LogP contribution is 2.43. The van der Waals surface area contributed by atoms with Crippen LogP contribution in [0.1, 0.15) is 28.8 Å². The van der Waals surface area contributed by atoms with Crippen molar-refractivity contribution >= 4 is 5.96 Å². The van der Waals surface area contributed by atoms with Crippen LogP contribution in [-0.4, -0.2) is 47.6 Å². The SMILES string of the molecule is CN1C(=N[C@H](CO)Cc2ccccc2)N(C)[C@@H](c2ccccc2)[C@@H]1c1ccccc1. The van der Waals surface area contributed by atoms with Crippen LogP contribution < -0.4 is 0 Å². The lowest BCUT2D eigenvalue weighted by atomic mass is 9.93. The highest BCUT2D eigenvalue weighted by Gasteiger charge is 2.42. The van der Waals surface area contributed by atoms with Gasteiger partial charge in [0.2, 0.25) is 0 Å². The molecule has 0 spiro atoms. The molecule has 0 saturated carbocycles. The van der Waals surface area contributed by atoms with Gasteiger partial charge in [-0.1, -0.05) is 91.0 Å². The minimum Gasteiger partial charge on any atom is -0.394 e. The number of guanidine groups is 1. The minimum atomic E-state index is -0.182. The lowest BCUT2D eigenvalue weighted by molar-refractivity contribution is 0.264. The molecule has 3 aromatic rings. The predicted octanol–water partition coefficient (Wildman–Crippen LogP) is 4.31. The van der Waals surface area contributed by atoms with Crippen LogP contribution >= 0.6 is 0 Å². The third-order valence-electron chi connectivity index (χ3n) is 5.87. The molecule has 0 unspecified atom stereocenters. The van der Waals surface area contributed by atoms with Crippen molar-refractivity contribution in [1.82, 2.24) is 9.80 Å². The Balaban J connectivity index is 1.70. The summed E-state index contributed by atoms with van der Waals surface area (Å²) in [5.41, 5.74) is 3.70. The van der Waals surface area contributed by atoms with Crippen molar-refractivity contribution in [3.63, 3.8) is 0 Å². The van der Waals surface area contributed by atoms with Gasteiger partial charge in [-0.15, -0.1) is 0 Å². The predicted molar refractivity (Wildman–Crippen MR) is 122 cm³/mol. The normalized spacial score (nSPS) is 19.8. The molecule has 1 heterocycles. The Morgan fingerprint density at radius 3 is 1.60 bits per heavy atom. The monoisotopic (exact) mass is 399 g/mol. The Hall–Kier alpha value is -3.11. The summed E-state index contributed by atoms with van der Waals surface area (Å²) in [7, 11) is 4.21. The lowest BCUT2D eigenvalue weighted by Crippen LogP contribution is -2.32. The fourth-order valence-corrected chi connectivity index (χ4v) is 4.42. The fraction of sp³-hybridized carbons (Fsp3) is 0.269. The quantitative estimate of drug-likeness (QED) is 0.671. The second-order valence-electron chi connectivity index (χ2n) is 7.89. The highest BCUT2D eigenvalue weighted by atomic mass is 16.3. The zero-order chi connectivity index (χ0) is 20.9. The average molecular weight is 400 g/mol. The summed E-state index contributed by atoms with van der Waals surface area (Å²) >= 11 is 0. The van der Waals surface area contributed by atoms with E-state index in [1.54, 1.807) is 0 Å². The zero-order valence-electron chi connectivity index (χ0n) is 17.6. The van der Waals surface area contributed by atoms with Crippen LogP contribution in [0.15, 0.2) is 96.0 Å². The molecule has 4 nitrogen and oxygen atoms in total. The highest BCUT2D eigenvalue weighted by molar-refractivity contribution is 5.83. The fourth-order valence-electron chi connectivity index (χ4n) is 4.42. The maximum absolute atomic E-state index is 10.0. The molecule has 1 fully saturated rings. The number of aliphatic hydroxyl groups excluding tert-OH is 1. The van der Waals surface area contributed by atoms with Gasteiger partial charge in [0.15, 0.2) is 5.96 Å². The van der Waals surface area contributed by atoms with E-state index in [1.165, 1.54) is 16.7 Å². The maximum Gasteiger partial charge on any atom is 0.197 e. The molecule has 0 aliphatic carbocycles. The summed E-state index contributed by atoms with van der Waals surface area (Å²) in [6.07, 6.45) is 0.717. The van der Waals surface area contributed by atoms with Crippen molar-refractivity contribution in [2.45, 2.75) is 24.5 Å². The molecule has 3 aromatic carbocycles. The molecule has 3 atom stereocenters. The van der Waals surface area contributed by atoms with E-state index >= 15 is 0 Å². The number of aliphatic imine (C=N–C) groups is 1. The van der Waals surface area contributed by atoms with Gasteiger partial charge in [0.05, 0.1) is 24.7 Å². The van der Waals surface area contributed by atoms with Crippen molar-refractivity contribution in [2.75, 3.05) is 20.7 Å². The van der Waals surface area contributed by atoms with Crippen LogP contribution in [-0.2, 0) is 6.42 Å². The van der Waals surface area contributed by atoms with Crippen molar-refractivity contribution in [3.8, 4) is 0 Å². The number of hydrogen-bond donors (Lipinski definition) is 1. The van der Waals surface area contributed by atoms with Crippen molar-refractivity contribution in [3.05, 3.63) is 108 Å². The molecular weight excluding hydrogens is 370 g/mol. The standard InChI is InChI=1S/C26H29N3O/c1-28-24(21-14-8-4-9-15-21)25(22-16-10-5-11-17-22)29(2)26(28)27-23(19-30)18-20-12-6-3-7-13-20/h3-17,23-25,30H,18-19H2,1-2H3/t23-,24-,25-/m0/s1. The summed E-state index contributed by atoms with van der Waals surface area (Å²) < 4.78 is 0. The third kappa shape index (κ3) is 4.10. The number of rotatable bonds is 6. The van der Waals surface area contributed by atoms with Gasteiger partial charge in [0, 0.05) is 14.1 Å². The summed E-state index contributed by atoms with van der Waals surface area (Å²) in [6.45, 7) is 0.0199. The summed E-state index contributed by atoms with van der Waals surface area (Å²) in [6, 6.07) is 31.5. The molecule has 1 saturated heterocycles. The maximum atomic E-state index is 10.0. The van der Waals surface area contributed by atoms with Gasteiger partial charge < -0.3 is 14.9 Å². The Bertz CT molecular complexity index is 906. The Morgan fingerprint density at radius 2 is 1.17 bits per heavy atom. The van der Waals surface area contributed by atoms with Gasteiger partial charge >= 0.3 is 0 Å². The van der Waals surface area contributed by atoms with E-state index in [4.69, 9.17) is 4.99 Å². The number of nitrogens with zero attached hydrogens (tertiary/aromatic N) is 3. The largest absolute Gasteiger partial charge is 0.394 e. The van der Waals surface area contributed by atoms with Crippen LogP contribution in [0, 0.1) is 0 Å². The van der Waals surface area contributed by atoms with E-state index in [0.29, 0.717) is 6.42 Å². The first-order valence-electron chi connectivity index (χ1n) is 10.5. The Morgan fingerprint density at radius 1 is 0.733 bits per heavy atom. The molecule has 0 amide bonds. The second-order valence-corrected chi connectivity index (χ2v) is 7.89. The second kappa shape index (κ2) is 9.14. The first-order chi connectivity index (χ1) is 14.7. The smallest absolute Gasteiger partial charge is 0.197 e. The average Bonchev–Trinajstić information content (AvgIpc) is 3.05. The van der Waals surface area contributed by atoms with E-state index in [2.05, 4.69) is 96.7 Å². The van der Waals surface area contributed by atoms with E-state index < -0.39 is 0 Å². The van der Waals surface area contributed by atoms with Crippen LogP contribution in [0.4, 0.5) is 0 Å². The molecule has 0 aromatic heterocycles. The summed E-state index contributed by atoms with van der Waals surface area (Å²) in [5, 5.41) is 10.0. The summed E-state index contributed by atoms with van der Waals surface area (Å²) in [4.78, 5) is 9.52. The third-order valence-corrected chi connectivity index (χ3v) is 5.87. The van der Waals surface area contributed by atoms with Gasteiger partial charge in [0.1, 0.15) is 0 Å². The number of aliphatic hydroxyl groups is 1. The first kappa shape index (κ1) is 20.2. The number of hydrogen-bond acceptors (Lipinski definition) is 2. The molecule has 154 valence electrons. The van der Waals surface area contributed by atoms with E-state index in [9.17, 15) is 5.11 Å². The molecule has 1 aliphatic heterocycles. The van der Waals surface area contributed by atoms with Crippen LogP contribution in [0.5, 0.6) is 0 Å². The molecule has 4 heteroatoms. The van der Waals surface area contributed by atoms with Crippen LogP contribution in [0.2, 0.25) is 0 Å². The molecule has 1 aliphatic rings. The molecule has 1 N–H and O–H groups in total. The molecule has 0 radical (unpaired) electrons. The van der Waals surface area contributed by atoms with E-state index in [-0.39, 0.29) is 24.7 Å². The van der Waals surface area contributed by atoms with Gasteiger partial charge in [-0.05, 0) is 23.1 Å². The van der Waals surface area contributed by atoms with E-state index in [0.717, 1.165) is 5.96 Å². The molecule has 30 heavy (non-hydrogen) atoms. The molecule has 0 bridgehead atoms. The van der Waals surface area contributed by atoms with E-state index in [1.807, 2.05) is 18.2 Å². The molecule has 4 rings (SSSR count). The minimum absolute atomic E-state index is 0.0199. The first-order valence-corrected chi connectivity index (χ1v) is 10.5. The Kier molecular flexibility index (Phi) is 6.15. The van der Waals surface area contributed by atoms with Crippen LogP contribution in [0.3, 0.4) is 0 Å². The Labute approximate surface area is 179 Å². The lowest BCUT2D eigenvalue weighted by Gasteiger charge is -2.26. The topological polar surface area (TPSA) is 39.1 Å². The number of likely N-dealkylation sites (N-methyl/N-ethyl adjacent to an activating group) is 2. The zero-order valence-corrected chi connectivity index (χ0v) is 17.6. The number of benzene rings is 3.